The lowest BCUT2D eigenvalue weighted by atomic mass is 10.1. The summed E-state index contributed by atoms with van der Waals surface area (Å²) in [5, 5.41) is 10.6. The van der Waals surface area contributed by atoms with E-state index in [-0.39, 0.29) is 5.91 Å². The van der Waals surface area contributed by atoms with Crippen LogP contribution in [0.4, 0.5) is 0 Å². The molecule has 0 spiro atoms. The predicted molar refractivity (Wildman–Crippen MR) is 68.5 cm³/mol. The third kappa shape index (κ3) is 1.92. The number of hydrogen-bond donors (Lipinski definition) is 2. The Bertz CT molecular complexity index is 448. The summed E-state index contributed by atoms with van der Waals surface area (Å²) in [4.78, 5) is 14.6. The minimum absolute atomic E-state index is 0.133. The van der Waals surface area contributed by atoms with E-state index < -0.39 is 0 Å². The van der Waals surface area contributed by atoms with Crippen molar-refractivity contribution in [2.45, 2.75) is 45.2 Å². The highest BCUT2D eigenvalue weighted by molar-refractivity contribution is 5.96. The van der Waals surface area contributed by atoms with Gasteiger partial charge in [-0.15, -0.1) is 0 Å². The lowest BCUT2D eigenvalue weighted by Gasteiger charge is -2.24. The van der Waals surface area contributed by atoms with Gasteiger partial charge in [0.05, 0.1) is 11.3 Å². The van der Waals surface area contributed by atoms with Crippen molar-refractivity contribution in [2.75, 3.05) is 13.1 Å². The molecule has 0 aromatic carbocycles. The van der Waals surface area contributed by atoms with Crippen LogP contribution in [0.25, 0.3) is 0 Å². The van der Waals surface area contributed by atoms with Crippen LogP contribution in [-0.2, 0) is 0 Å². The van der Waals surface area contributed by atoms with Crippen LogP contribution in [0.15, 0.2) is 0 Å². The second kappa shape index (κ2) is 4.39. The van der Waals surface area contributed by atoms with Gasteiger partial charge >= 0.3 is 0 Å². The van der Waals surface area contributed by atoms with Crippen LogP contribution in [0, 0.1) is 13.8 Å². The van der Waals surface area contributed by atoms with Crippen molar-refractivity contribution in [3.8, 4) is 0 Å². The van der Waals surface area contributed by atoms with Crippen molar-refractivity contribution in [2.24, 2.45) is 0 Å². The zero-order valence-corrected chi connectivity index (χ0v) is 11.0. The fourth-order valence-corrected chi connectivity index (χ4v) is 3.15. The molecule has 5 nitrogen and oxygen atoms in total. The SMILES string of the molecule is Cc1n[nH]c(C)c1C(=O)N1CCC2CCC(C1)N2. The Morgan fingerprint density at radius 3 is 2.78 bits per heavy atom. The molecule has 2 unspecified atom stereocenters. The Morgan fingerprint density at radius 2 is 2.06 bits per heavy atom. The van der Waals surface area contributed by atoms with Crippen molar-refractivity contribution >= 4 is 5.91 Å². The van der Waals surface area contributed by atoms with E-state index in [9.17, 15) is 4.79 Å². The molecule has 3 heterocycles. The molecule has 5 heteroatoms. The average Bonchev–Trinajstić information content (AvgIpc) is 2.82. The highest BCUT2D eigenvalue weighted by Crippen LogP contribution is 2.22. The van der Waals surface area contributed by atoms with Gasteiger partial charge in [0.2, 0.25) is 0 Å². The largest absolute Gasteiger partial charge is 0.337 e. The van der Waals surface area contributed by atoms with Gasteiger partial charge in [0.15, 0.2) is 0 Å². The van der Waals surface area contributed by atoms with Crippen LogP contribution in [0.2, 0.25) is 0 Å². The van der Waals surface area contributed by atoms with E-state index in [1.54, 1.807) is 0 Å². The predicted octanol–water partition coefficient (Wildman–Crippen LogP) is 0.993. The van der Waals surface area contributed by atoms with Crippen LogP contribution in [0.5, 0.6) is 0 Å². The zero-order valence-electron chi connectivity index (χ0n) is 11.0. The van der Waals surface area contributed by atoms with Gasteiger partial charge in [-0.1, -0.05) is 0 Å². The first-order valence-electron chi connectivity index (χ1n) is 6.72. The number of amides is 1. The van der Waals surface area contributed by atoms with E-state index in [2.05, 4.69) is 15.5 Å². The van der Waals surface area contributed by atoms with Crippen molar-refractivity contribution in [3.05, 3.63) is 17.0 Å². The number of aromatic nitrogens is 2. The lowest BCUT2D eigenvalue weighted by molar-refractivity contribution is 0.0747. The monoisotopic (exact) mass is 248 g/mol. The number of rotatable bonds is 1. The Labute approximate surface area is 107 Å². The molecule has 2 atom stereocenters. The van der Waals surface area contributed by atoms with Crippen LogP contribution >= 0.6 is 0 Å². The first-order valence-corrected chi connectivity index (χ1v) is 6.72. The summed E-state index contributed by atoms with van der Waals surface area (Å²) < 4.78 is 0. The van der Waals surface area contributed by atoms with E-state index >= 15 is 0 Å². The second-order valence-electron chi connectivity index (χ2n) is 5.49. The Balaban J connectivity index is 1.80. The van der Waals surface area contributed by atoms with Gasteiger partial charge in [-0.05, 0) is 33.1 Å². The third-order valence-electron chi connectivity index (χ3n) is 4.15. The molecular weight excluding hydrogens is 228 g/mol. The van der Waals surface area contributed by atoms with E-state index in [0.717, 1.165) is 36.5 Å². The molecule has 2 fully saturated rings. The quantitative estimate of drug-likeness (QED) is 0.779. The number of fused-ring (bicyclic) bond motifs is 2. The number of carbonyl (C=O) groups excluding carboxylic acids is 1. The van der Waals surface area contributed by atoms with Gasteiger partial charge in [-0.3, -0.25) is 9.89 Å². The van der Waals surface area contributed by atoms with Crippen LogP contribution in [0.1, 0.15) is 41.0 Å². The smallest absolute Gasteiger partial charge is 0.257 e. The molecule has 1 amide bonds. The van der Waals surface area contributed by atoms with Crippen molar-refractivity contribution in [1.29, 1.82) is 0 Å². The summed E-state index contributed by atoms with van der Waals surface area (Å²) in [5.41, 5.74) is 2.44. The number of H-pyrrole nitrogens is 1. The second-order valence-corrected chi connectivity index (χ2v) is 5.49. The van der Waals surface area contributed by atoms with Crippen LogP contribution < -0.4 is 5.32 Å². The highest BCUT2D eigenvalue weighted by atomic mass is 16.2. The summed E-state index contributed by atoms with van der Waals surface area (Å²) >= 11 is 0. The molecule has 3 rings (SSSR count). The molecule has 2 aliphatic rings. The molecule has 18 heavy (non-hydrogen) atoms. The Hall–Kier alpha value is -1.36. The van der Waals surface area contributed by atoms with E-state index in [1.165, 1.54) is 12.8 Å². The summed E-state index contributed by atoms with van der Waals surface area (Å²) in [7, 11) is 0. The molecule has 0 saturated carbocycles. The Morgan fingerprint density at radius 1 is 1.28 bits per heavy atom. The van der Waals surface area contributed by atoms with Gasteiger partial charge in [-0.25, -0.2) is 0 Å². The highest BCUT2D eigenvalue weighted by Gasteiger charge is 2.32. The average molecular weight is 248 g/mol. The molecule has 0 radical (unpaired) electrons. The number of likely N-dealkylation sites (tertiary alicyclic amines) is 1. The first kappa shape index (κ1) is 11.7. The lowest BCUT2D eigenvalue weighted by Crippen LogP contribution is -2.39. The minimum Gasteiger partial charge on any atom is -0.337 e. The number of hydrogen-bond acceptors (Lipinski definition) is 3. The fraction of sp³-hybridized carbons (Fsp3) is 0.692. The molecule has 0 aliphatic carbocycles. The number of aryl methyl sites for hydroxylation is 2. The van der Waals surface area contributed by atoms with Crippen LogP contribution in [-0.4, -0.2) is 46.2 Å². The van der Waals surface area contributed by atoms with Gasteiger partial charge in [0, 0.05) is 30.9 Å². The number of aromatic amines is 1. The van der Waals surface area contributed by atoms with Crippen LogP contribution in [0.3, 0.4) is 0 Å². The standard InChI is InChI=1S/C13H20N4O/c1-8-12(9(2)16-15-8)13(18)17-6-5-10-3-4-11(7-17)14-10/h10-11,14H,3-7H2,1-2H3,(H,15,16). The fourth-order valence-electron chi connectivity index (χ4n) is 3.15. The first-order chi connectivity index (χ1) is 8.65. The van der Waals surface area contributed by atoms with E-state index in [4.69, 9.17) is 0 Å². The summed E-state index contributed by atoms with van der Waals surface area (Å²) in [6.45, 7) is 5.49. The normalized spacial score (nSPS) is 27.3. The maximum atomic E-state index is 12.6. The van der Waals surface area contributed by atoms with Gasteiger partial charge in [0.25, 0.3) is 5.91 Å². The van der Waals surface area contributed by atoms with Crippen molar-refractivity contribution in [3.63, 3.8) is 0 Å². The van der Waals surface area contributed by atoms with E-state index in [0.29, 0.717) is 12.1 Å². The maximum absolute atomic E-state index is 12.6. The number of nitrogens with one attached hydrogen (secondary N) is 2. The van der Waals surface area contributed by atoms with Gasteiger partial charge in [0.1, 0.15) is 0 Å². The molecule has 1 aromatic rings. The van der Waals surface area contributed by atoms with Gasteiger partial charge in [-0.2, -0.15) is 5.10 Å². The number of carbonyl (C=O) groups is 1. The van der Waals surface area contributed by atoms with Crippen molar-refractivity contribution < 1.29 is 4.79 Å². The molecular formula is C13H20N4O. The zero-order chi connectivity index (χ0) is 12.7. The van der Waals surface area contributed by atoms with Gasteiger partial charge < -0.3 is 10.2 Å². The molecule has 2 N–H and O–H groups in total. The minimum atomic E-state index is 0.133. The summed E-state index contributed by atoms with van der Waals surface area (Å²) in [6, 6.07) is 1.09. The Kier molecular flexibility index (Phi) is 2.86. The summed E-state index contributed by atoms with van der Waals surface area (Å²) in [6.07, 6.45) is 3.52. The number of nitrogens with zero attached hydrogens (tertiary/aromatic N) is 2. The third-order valence-corrected chi connectivity index (χ3v) is 4.15. The molecule has 98 valence electrons. The molecule has 2 saturated heterocycles. The molecule has 1 aromatic heterocycles. The van der Waals surface area contributed by atoms with Crippen molar-refractivity contribution in [1.82, 2.24) is 20.4 Å². The van der Waals surface area contributed by atoms with E-state index in [1.807, 2.05) is 18.7 Å². The molecule has 2 aliphatic heterocycles. The topological polar surface area (TPSA) is 61.0 Å². The summed E-state index contributed by atoms with van der Waals surface area (Å²) in [5.74, 6) is 0.133. The maximum Gasteiger partial charge on any atom is 0.257 e. The molecule has 2 bridgehead atoms.